The van der Waals surface area contributed by atoms with Crippen molar-refractivity contribution in [3.63, 3.8) is 0 Å². The molecule has 2 aliphatic heterocycles. The highest BCUT2D eigenvalue weighted by Gasteiger charge is 2.32. The first-order chi connectivity index (χ1) is 8.70. The molecule has 1 aromatic carbocycles. The molecule has 0 amide bonds. The van der Waals surface area contributed by atoms with Crippen LogP contribution in [0.2, 0.25) is 0 Å². The number of halogens is 1. The van der Waals surface area contributed by atoms with Crippen molar-refractivity contribution in [3.8, 4) is 0 Å². The number of nitrogens with one attached hydrogen (secondary N) is 1. The molecule has 106 valence electrons. The monoisotopic (exact) mass is 280 g/mol. The lowest BCUT2D eigenvalue weighted by Crippen LogP contribution is -2.24. The molecule has 1 unspecified atom stereocenters. The lowest BCUT2D eigenvalue weighted by atomic mass is 9.87. The first-order valence-corrected chi connectivity index (χ1v) is 7.27. The molecular weight excluding hydrogens is 256 g/mol. The lowest BCUT2D eigenvalue weighted by Gasteiger charge is -2.23. The van der Waals surface area contributed by atoms with Crippen LogP contribution >= 0.6 is 12.4 Å². The van der Waals surface area contributed by atoms with Crippen LogP contribution < -0.4 is 5.32 Å². The molecule has 1 atom stereocenters. The number of hydrogen-bond donors (Lipinski definition) is 1. The standard InChI is InChI=1S/C16H24N2.ClH/c1-3-16(2)8-10-18(12-16)11-14-6-4-5-13-7-9-17-15(13)14;/h4-6,17H,3,7-12H2,1-2H3;1H. The van der Waals surface area contributed by atoms with Gasteiger partial charge in [0.25, 0.3) is 0 Å². The zero-order chi connectivity index (χ0) is 12.6. The molecule has 1 N–H and O–H groups in total. The fourth-order valence-electron chi connectivity index (χ4n) is 3.33. The van der Waals surface area contributed by atoms with Crippen LogP contribution in [0.5, 0.6) is 0 Å². The number of nitrogens with zero attached hydrogens (tertiary/aromatic N) is 1. The summed E-state index contributed by atoms with van der Waals surface area (Å²) in [6.07, 6.45) is 3.84. The SMILES string of the molecule is CCC1(C)CCN(Cc2cccc3c2NCC3)C1.Cl. The summed E-state index contributed by atoms with van der Waals surface area (Å²) in [4.78, 5) is 2.62. The van der Waals surface area contributed by atoms with E-state index in [9.17, 15) is 0 Å². The first kappa shape index (κ1) is 14.7. The maximum Gasteiger partial charge on any atom is 0.0419 e. The van der Waals surface area contributed by atoms with Gasteiger partial charge in [0.15, 0.2) is 0 Å². The number of anilines is 1. The number of hydrogen-bond acceptors (Lipinski definition) is 2. The second-order valence-corrected chi connectivity index (χ2v) is 6.25. The summed E-state index contributed by atoms with van der Waals surface area (Å²) >= 11 is 0. The van der Waals surface area contributed by atoms with E-state index in [0.717, 1.165) is 13.1 Å². The average molecular weight is 281 g/mol. The minimum atomic E-state index is 0. The Balaban J connectivity index is 0.00000133. The quantitative estimate of drug-likeness (QED) is 0.908. The molecule has 0 aromatic heterocycles. The molecule has 0 spiro atoms. The first-order valence-electron chi connectivity index (χ1n) is 7.27. The van der Waals surface area contributed by atoms with Crippen LogP contribution in [0.25, 0.3) is 0 Å². The van der Waals surface area contributed by atoms with Crippen LogP contribution in [-0.2, 0) is 13.0 Å². The minimum Gasteiger partial charge on any atom is -0.384 e. The van der Waals surface area contributed by atoms with Crippen molar-refractivity contribution in [3.05, 3.63) is 29.3 Å². The molecule has 2 heterocycles. The maximum absolute atomic E-state index is 3.55. The number of para-hydroxylation sites is 1. The van der Waals surface area contributed by atoms with Gasteiger partial charge in [-0.1, -0.05) is 32.0 Å². The van der Waals surface area contributed by atoms with E-state index in [1.165, 1.54) is 49.2 Å². The van der Waals surface area contributed by atoms with Crippen LogP contribution in [-0.4, -0.2) is 24.5 Å². The molecule has 0 bridgehead atoms. The molecule has 2 aliphatic rings. The van der Waals surface area contributed by atoms with Gasteiger partial charge in [-0.05, 0) is 42.3 Å². The van der Waals surface area contributed by atoms with Crippen LogP contribution in [0.4, 0.5) is 5.69 Å². The van der Waals surface area contributed by atoms with E-state index in [0.29, 0.717) is 5.41 Å². The third-order valence-corrected chi connectivity index (χ3v) is 4.82. The van der Waals surface area contributed by atoms with Crippen molar-refractivity contribution in [1.82, 2.24) is 4.90 Å². The van der Waals surface area contributed by atoms with E-state index < -0.39 is 0 Å². The van der Waals surface area contributed by atoms with E-state index in [4.69, 9.17) is 0 Å². The molecule has 1 saturated heterocycles. The Morgan fingerprint density at radius 1 is 1.37 bits per heavy atom. The van der Waals surface area contributed by atoms with Gasteiger partial charge in [-0.25, -0.2) is 0 Å². The highest BCUT2D eigenvalue weighted by atomic mass is 35.5. The maximum atomic E-state index is 3.55. The predicted molar refractivity (Wildman–Crippen MR) is 84.2 cm³/mol. The van der Waals surface area contributed by atoms with Gasteiger partial charge in [0.2, 0.25) is 0 Å². The predicted octanol–water partition coefficient (Wildman–Crippen LogP) is 3.70. The van der Waals surface area contributed by atoms with E-state index in [-0.39, 0.29) is 12.4 Å². The number of likely N-dealkylation sites (tertiary alicyclic amines) is 1. The Morgan fingerprint density at radius 3 is 2.95 bits per heavy atom. The van der Waals surface area contributed by atoms with Crippen molar-refractivity contribution in [1.29, 1.82) is 0 Å². The number of benzene rings is 1. The third kappa shape index (κ3) is 2.90. The molecule has 19 heavy (non-hydrogen) atoms. The Morgan fingerprint density at radius 2 is 2.21 bits per heavy atom. The van der Waals surface area contributed by atoms with Crippen LogP contribution in [0.3, 0.4) is 0 Å². The second kappa shape index (κ2) is 5.72. The smallest absolute Gasteiger partial charge is 0.0419 e. The fraction of sp³-hybridized carbons (Fsp3) is 0.625. The Hall–Kier alpha value is -0.730. The van der Waals surface area contributed by atoms with Gasteiger partial charge in [0, 0.05) is 25.3 Å². The molecule has 0 aliphatic carbocycles. The molecule has 3 rings (SSSR count). The van der Waals surface area contributed by atoms with Gasteiger partial charge in [-0.15, -0.1) is 12.4 Å². The molecule has 0 radical (unpaired) electrons. The fourth-order valence-corrected chi connectivity index (χ4v) is 3.33. The van der Waals surface area contributed by atoms with Crippen molar-refractivity contribution in [2.24, 2.45) is 5.41 Å². The summed E-state index contributed by atoms with van der Waals surface area (Å²) in [5, 5.41) is 3.55. The molecule has 3 heteroatoms. The van der Waals surface area contributed by atoms with Crippen molar-refractivity contribution in [2.45, 2.75) is 39.7 Å². The topological polar surface area (TPSA) is 15.3 Å². The number of fused-ring (bicyclic) bond motifs is 1. The highest BCUT2D eigenvalue weighted by Crippen LogP contribution is 2.35. The van der Waals surface area contributed by atoms with E-state index in [1.54, 1.807) is 0 Å². The van der Waals surface area contributed by atoms with Gasteiger partial charge >= 0.3 is 0 Å². The van der Waals surface area contributed by atoms with Crippen LogP contribution in [0.15, 0.2) is 18.2 Å². The summed E-state index contributed by atoms with van der Waals surface area (Å²) in [6.45, 7) is 9.50. The van der Waals surface area contributed by atoms with Gasteiger partial charge in [0.1, 0.15) is 0 Å². The molecule has 1 aromatic rings. The second-order valence-electron chi connectivity index (χ2n) is 6.25. The van der Waals surface area contributed by atoms with Crippen molar-refractivity contribution < 1.29 is 0 Å². The number of rotatable bonds is 3. The zero-order valence-corrected chi connectivity index (χ0v) is 12.9. The Kier molecular flexibility index (Phi) is 4.42. The van der Waals surface area contributed by atoms with Gasteiger partial charge in [0.05, 0.1) is 0 Å². The van der Waals surface area contributed by atoms with Gasteiger partial charge < -0.3 is 5.32 Å². The molecule has 0 saturated carbocycles. The third-order valence-electron chi connectivity index (χ3n) is 4.82. The summed E-state index contributed by atoms with van der Waals surface area (Å²) in [7, 11) is 0. The largest absolute Gasteiger partial charge is 0.384 e. The zero-order valence-electron chi connectivity index (χ0n) is 12.0. The van der Waals surface area contributed by atoms with Crippen molar-refractivity contribution in [2.75, 3.05) is 25.0 Å². The van der Waals surface area contributed by atoms with E-state index >= 15 is 0 Å². The summed E-state index contributed by atoms with van der Waals surface area (Å²) in [6, 6.07) is 6.77. The van der Waals surface area contributed by atoms with E-state index in [1.807, 2.05) is 0 Å². The molecule has 2 nitrogen and oxygen atoms in total. The summed E-state index contributed by atoms with van der Waals surface area (Å²) in [5.41, 5.74) is 4.96. The summed E-state index contributed by atoms with van der Waals surface area (Å²) < 4.78 is 0. The molecular formula is C16H25ClN2. The van der Waals surface area contributed by atoms with Crippen LogP contribution in [0, 0.1) is 5.41 Å². The van der Waals surface area contributed by atoms with Crippen LogP contribution in [0.1, 0.15) is 37.8 Å². The normalized spacial score (nSPS) is 25.8. The highest BCUT2D eigenvalue weighted by molar-refractivity contribution is 5.85. The Bertz CT molecular complexity index is 446. The Labute approximate surface area is 123 Å². The van der Waals surface area contributed by atoms with Crippen molar-refractivity contribution >= 4 is 18.1 Å². The minimum absolute atomic E-state index is 0. The average Bonchev–Trinajstić information content (AvgIpc) is 2.98. The lowest BCUT2D eigenvalue weighted by molar-refractivity contribution is 0.263. The molecule has 1 fully saturated rings. The van der Waals surface area contributed by atoms with Gasteiger partial charge in [-0.2, -0.15) is 0 Å². The van der Waals surface area contributed by atoms with Gasteiger partial charge in [-0.3, -0.25) is 4.90 Å². The summed E-state index contributed by atoms with van der Waals surface area (Å²) in [5.74, 6) is 0. The van der Waals surface area contributed by atoms with E-state index in [2.05, 4.69) is 42.3 Å².